The Morgan fingerprint density at radius 3 is 2.42 bits per heavy atom. The number of hydrogen-bond donors (Lipinski definition) is 2. The molecular formula is C15H20N2OS. The van der Waals surface area contributed by atoms with Gasteiger partial charge in [0.2, 0.25) is 0 Å². The third-order valence-electron chi connectivity index (χ3n) is 3.24. The molecule has 102 valence electrons. The third kappa shape index (κ3) is 3.14. The van der Waals surface area contributed by atoms with E-state index in [0.29, 0.717) is 5.75 Å². The summed E-state index contributed by atoms with van der Waals surface area (Å²) < 4.78 is 0. The van der Waals surface area contributed by atoms with Gasteiger partial charge in [0.15, 0.2) is 0 Å². The number of para-hydroxylation sites is 1. The maximum atomic E-state index is 9.87. The van der Waals surface area contributed by atoms with E-state index in [1.54, 1.807) is 17.4 Å². The molecule has 1 aromatic heterocycles. The van der Waals surface area contributed by atoms with Crippen molar-refractivity contribution < 1.29 is 5.11 Å². The average Bonchev–Trinajstić information content (AvgIpc) is 2.69. The zero-order valence-electron chi connectivity index (χ0n) is 11.8. The van der Waals surface area contributed by atoms with Gasteiger partial charge in [-0.2, -0.15) is 0 Å². The molecule has 2 atom stereocenters. The molecule has 3 nitrogen and oxygen atoms in total. The van der Waals surface area contributed by atoms with Gasteiger partial charge in [-0.1, -0.05) is 18.2 Å². The number of aryl methyl sites for hydroxylation is 2. The summed E-state index contributed by atoms with van der Waals surface area (Å²) in [5.74, 6) is 0.340. The molecule has 0 radical (unpaired) electrons. The number of benzene rings is 1. The van der Waals surface area contributed by atoms with Crippen molar-refractivity contribution in [3.63, 3.8) is 0 Å². The molecule has 2 N–H and O–H groups in total. The van der Waals surface area contributed by atoms with E-state index in [1.165, 1.54) is 4.88 Å². The zero-order valence-corrected chi connectivity index (χ0v) is 12.6. The Balaban J connectivity index is 2.13. The maximum absolute atomic E-state index is 9.87. The number of nitrogens with zero attached hydrogens (tertiary/aromatic N) is 1. The SMILES string of the molecule is Cc1nc(C)c(C(C)NC(C)c2ccccc2O)s1. The van der Waals surface area contributed by atoms with E-state index in [0.717, 1.165) is 16.3 Å². The first-order valence-electron chi connectivity index (χ1n) is 6.47. The molecule has 0 bridgehead atoms. The summed E-state index contributed by atoms with van der Waals surface area (Å²) in [6.45, 7) is 8.27. The fourth-order valence-corrected chi connectivity index (χ4v) is 3.28. The lowest BCUT2D eigenvalue weighted by Crippen LogP contribution is -2.22. The predicted molar refractivity (Wildman–Crippen MR) is 79.7 cm³/mol. The van der Waals surface area contributed by atoms with Crippen LogP contribution < -0.4 is 5.32 Å². The summed E-state index contributed by atoms with van der Waals surface area (Å²) in [5, 5.41) is 14.5. The summed E-state index contributed by atoms with van der Waals surface area (Å²) in [4.78, 5) is 5.72. The van der Waals surface area contributed by atoms with Gasteiger partial charge < -0.3 is 10.4 Å². The van der Waals surface area contributed by atoms with E-state index < -0.39 is 0 Å². The molecule has 2 rings (SSSR count). The van der Waals surface area contributed by atoms with Gasteiger partial charge in [0.1, 0.15) is 5.75 Å². The number of hydrogen-bond acceptors (Lipinski definition) is 4. The van der Waals surface area contributed by atoms with Crippen molar-refractivity contribution in [1.82, 2.24) is 10.3 Å². The molecule has 0 saturated carbocycles. The highest BCUT2D eigenvalue weighted by molar-refractivity contribution is 7.11. The normalized spacial score (nSPS) is 14.3. The molecule has 19 heavy (non-hydrogen) atoms. The minimum absolute atomic E-state index is 0.0954. The summed E-state index contributed by atoms with van der Waals surface area (Å²) in [5.41, 5.74) is 2.01. The lowest BCUT2D eigenvalue weighted by Gasteiger charge is -2.20. The van der Waals surface area contributed by atoms with Crippen molar-refractivity contribution in [3.05, 3.63) is 45.4 Å². The van der Waals surface area contributed by atoms with E-state index in [4.69, 9.17) is 0 Å². The lowest BCUT2D eigenvalue weighted by atomic mass is 10.1. The Morgan fingerprint density at radius 1 is 1.16 bits per heavy atom. The second kappa shape index (κ2) is 5.72. The molecule has 0 fully saturated rings. The molecule has 0 amide bonds. The molecule has 0 aliphatic heterocycles. The molecule has 1 aromatic carbocycles. The molecule has 0 spiro atoms. The summed E-state index contributed by atoms with van der Waals surface area (Å²) in [6, 6.07) is 7.77. The van der Waals surface area contributed by atoms with Gasteiger partial charge >= 0.3 is 0 Å². The minimum atomic E-state index is 0.0954. The van der Waals surface area contributed by atoms with E-state index in [-0.39, 0.29) is 12.1 Å². The first-order chi connectivity index (χ1) is 8.99. The summed E-state index contributed by atoms with van der Waals surface area (Å²) >= 11 is 1.73. The van der Waals surface area contributed by atoms with Crippen LogP contribution in [0.3, 0.4) is 0 Å². The Bertz CT molecular complexity index is 565. The average molecular weight is 276 g/mol. The highest BCUT2D eigenvalue weighted by Crippen LogP contribution is 2.29. The van der Waals surface area contributed by atoms with Crippen LogP contribution in [-0.4, -0.2) is 10.1 Å². The number of rotatable bonds is 4. The van der Waals surface area contributed by atoms with E-state index >= 15 is 0 Å². The largest absolute Gasteiger partial charge is 0.508 e. The molecule has 0 aliphatic rings. The Morgan fingerprint density at radius 2 is 1.84 bits per heavy atom. The van der Waals surface area contributed by atoms with Crippen molar-refractivity contribution in [2.45, 2.75) is 39.8 Å². The first kappa shape index (κ1) is 14.0. The van der Waals surface area contributed by atoms with E-state index in [1.807, 2.05) is 32.0 Å². The van der Waals surface area contributed by atoms with Crippen molar-refractivity contribution in [2.24, 2.45) is 0 Å². The number of aromatic hydroxyl groups is 1. The van der Waals surface area contributed by atoms with Crippen molar-refractivity contribution in [1.29, 1.82) is 0 Å². The Labute approximate surface area is 118 Å². The van der Waals surface area contributed by atoms with Gasteiger partial charge in [-0.05, 0) is 33.8 Å². The highest BCUT2D eigenvalue weighted by Gasteiger charge is 2.17. The maximum Gasteiger partial charge on any atom is 0.120 e. The fraction of sp³-hybridized carbons (Fsp3) is 0.400. The molecular weight excluding hydrogens is 256 g/mol. The standard InChI is InChI=1S/C15H20N2OS/c1-9(13-7-5-6-8-14(13)18)16-10(2)15-11(3)17-12(4)19-15/h5-10,16,18H,1-4H3. The zero-order chi connectivity index (χ0) is 14.0. The molecule has 0 saturated heterocycles. The number of nitrogens with one attached hydrogen (secondary N) is 1. The van der Waals surface area contributed by atoms with Gasteiger partial charge in [0.25, 0.3) is 0 Å². The van der Waals surface area contributed by atoms with Crippen LogP contribution in [0.15, 0.2) is 24.3 Å². The van der Waals surface area contributed by atoms with Crippen LogP contribution in [0.2, 0.25) is 0 Å². The van der Waals surface area contributed by atoms with Gasteiger partial charge in [0.05, 0.1) is 10.7 Å². The van der Waals surface area contributed by atoms with E-state index in [9.17, 15) is 5.11 Å². The van der Waals surface area contributed by atoms with Crippen LogP contribution in [0.5, 0.6) is 5.75 Å². The van der Waals surface area contributed by atoms with Crippen LogP contribution in [-0.2, 0) is 0 Å². The van der Waals surface area contributed by atoms with Crippen LogP contribution in [0.25, 0.3) is 0 Å². The van der Waals surface area contributed by atoms with Crippen LogP contribution in [0, 0.1) is 13.8 Å². The third-order valence-corrected chi connectivity index (χ3v) is 4.49. The predicted octanol–water partition coefficient (Wildman–Crippen LogP) is 3.88. The minimum Gasteiger partial charge on any atom is -0.508 e. The number of phenols is 1. The van der Waals surface area contributed by atoms with Crippen molar-refractivity contribution in [3.8, 4) is 5.75 Å². The topological polar surface area (TPSA) is 45.2 Å². The molecule has 2 unspecified atom stereocenters. The monoisotopic (exact) mass is 276 g/mol. The van der Waals surface area contributed by atoms with Gasteiger partial charge in [-0.3, -0.25) is 0 Å². The van der Waals surface area contributed by atoms with E-state index in [2.05, 4.69) is 24.1 Å². The summed E-state index contributed by atoms with van der Waals surface area (Å²) in [6.07, 6.45) is 0. The second-order valence-electron chi connectivity index (χ2n) is 4.85. The van der Waals surface area contributed by atoms with Crippen LogP contribution >= 0.6 is 11.3 Å². The quantitative estimate of drug-likeness (QED) is 0.891. The molecule has 1 heterocycles. The van der Waals surface area contributed by atoms with Gasteiger partial charge in [-0.25, -0.2) is 4.98 Å². The number of thiazole rings is 1. The molecule has 2 aromatic rings. The van der Waals surface area contributed by atoms with Gasteiger partial charge in [0, 0.05) is 22.5 Å². The van der Waals surface area contributed by atoms with Gasteiger partial charge in [-0.15, -0.1) is 11.3 Å². The van der Waals surface area contributed by atoms with Crippen LogP contribution in [0.4, 0.5) is 0 Å². The van der Waals surface area contributed by atoms with Crippen molar-refractivity contribution in [2.75, 3.05) is 0 Å². The fourth-order valence-electron chi connectivity index (χ4n) is 2.34. The second-order valence-corrected chi connectivity index (χ2v) is 6.09. The summed E-state index contributed by atoms with van der Waals surface area (Å²) in [7, 11) is 0. The highest BCUT2D eigenvalue weighted by atomic mass is 32.1. The van der Waals surface area contributed by atoms with Crippen LogP contribution in [0.1, 0.15) is 47.1 Å². The number of aromatic nitrogens is 1. The Kier molecular flexibility index (Phi) is 4.22. The smallest absolute Gasteiger partial charge is 0.120 e. The Hall–Kier alpha value is -1.39. The van der Waals surface area contributed by atoms with Crippen molar-refractivity contribution >= 4 is 11.3 Å². The lowest BCUT2D eigenvalue weighted by molar-refractivity contribution is 0.439. The molecule has 0 aliphatic carbocycles. The first-order valence-corrected chi connectivity index (χ1v) is 7.28. The molecule has 4 heteroatoms. The number of phenolic OH excluding ortho intramolecular Hbond substituents is 1.